The lowest BCUT2D eigenvalue weighted by atomic mass is 9.90. The van der Waals surface area contributed by atoms with Crippen molar-refractivity contribution in [2.24, 2.45) is 5.92 Å². The van der Waals surface area contributed by atoms with Crippen molar-refractivity contribution in [2.75, 3.05) is 23.3 Å². The molecule has 2 aromatic carbocycles. The number of rotatable bonds is 6. The molecule has 4 rings (SSSR count). The van der Waals surface area contributed by atoms with Crippen LogP contribution in [0.4, 0.5) is 16.2 Å². The molecule has 29 heavy (non-hydrogen) atoms. The van der Waals surface area contributed by atoms with E-state index in [1.54, 1.807) is 12.1 Å². The van der Waals surface area contributed by atoms with Gasteiger partial charge in [-0.25, -0.2) is 9.37 Å². The van der Waals surface area contributed by atoms with Crippen LogP contribution >= 0.6 is 0 Å². The molecule has 1 N–H and O–H groups in total. The van der Waals surface area contributed by atoms with E-state index in [1.807, 2.05) is 6.92 Å². The number of aromatic nitrogens is 2. The van der Waals surface area contributed by atoms with E-state index in [1.165, 1.54) is 30.5 Å². The first-order valence-corrected chi connectivity index (χ1v) is 10.3. The maximum atomic E-state index is 13.1. The number of nitrogens with one attached hydrogen (secondary N) is 1. The van der Waals surface area contributed by atoms with E-state index in [9.17, 15) is 4.39 Å². The fourth-order valence-electron chi connectivity index (χ4n) is 3.89. The van der Waals surface area contributed by atoms with Gasteiger partial charge in [0.15, 0.2) is 0 Å². The summed E-state index contributed by atoms with van der Waals surface area (Å²) in [5.41, 5.74) is 3.37. The van der Waals surface area contributed by atoms with Crippen molar-refractivity contribution in [2.45, 2.75) is 32.7 Å². The predicted octanol–water partition coefficient (Wildman–Crippen LogP) is 5.00. The second kappa shape index (κ2) is 9.03. The lowest BCUT2D eigenvalue weighted by Gasteiger charge is -2.33. The van der Waals surface area contributed by atoms with Gasteiger partial charge in [0.05, 0.1) is 0 Å². The van der Waals surface area contributed by atoms with Crippen molar-refractivity contribution in [3.05, 3.63) is 83.3 Å². The van der Waals surface area contributed by atoms with Crippen LogP contribution in [-0.4, -0.2) is 23.1 Å². The summed E-state index contributed by atoms with van der Waals surface area (Å²) in [4.78, 5) is 11.6. The molecular weight excluding hydrogens is 363 g/mol. The number of hydrogen-bond donors (Lipinski definition) is 1. The minimum absolute atomic E-state index is 0.224. The number of anilines is 2. The highest BCUT2D eigenvalue weighted by molar-refractivity contribution is 5.45. The summed E-state index contributed by atoms with van der Waals surface area (Å²) < 4.78 is 13.1. The van der Waals surface area contributed by atoms with E-state index in [-0.39, 0.29) is 5.82 Å². The van der Waals surface area contributed by atoms with Gasteiger partial charge in [-0.1, -0.05) is 42.5 Å². The van der Waals surface area contributed by atoms with Gasteiger partial charge in [-0.05, 0) is 55.4 Å². The molecule has 0 amide bonds. The Bertz CT molecular complexity index is 919. The molecule has 0 unspecified atom stereocenters. The highest BCUT2D eigenvalue weighted by Gasteiger charge is 2.21. The number of hydrogen-bond acceptors (Lipinski definition) is 4. The normalized spacial score (nSPS) is 14.8. The van der Waals surface area contributed by atoms with Crippen LogP contribution in [0.2, 0.25) is 0 Å². The summed E-state index contributed by atoms with van der Waals surface area (Å²) >= 11 is 0. The Morgan fingerprint density at radius 3 is 2.41 bits per heavy atom. The van der Waals surface area contributed by atoms with Gasteiger partial charge in [-0.3, -0.25) is 0 Å². The Hall–Kier alpha value is -2.95. The van der Waals surface area contributed by atoms with Crippen LogP contribution in [0.1, 0.15) is 29.7 Å². The van der Waals surface area contributed by atoms with Crippen LogP contribution in [-0.2, 0) is 13.0 Å². The van der Waals surface area contributed by atoms with Crippen molar-refractivity contribution in [1.82, 2.24) is 9.97 Å². The summed E-state index contributed by atoms with van der Waals surface area (Å²) in [6.07, 6.45) is 3.51. The summed E-state index contributed by atoms with van der Waals surface area (Å²) in [6, 6.07) is 19.3. The zero-order valence-corrected chi connectivity index (χ0v) is 16.8. The molecule has 1 saturated heterocycles. The van der Waals surface area contributed by atoms with E-state index < -0.39 is 0 Å². The fourth-order valence-corrected chi connectivity index (χ4v) is 3.89. The van der Waals surface area contributed by atoms with Crippen molar-refractivity contribution >= 4 is 11.8 Å². The predicted molar refractivity (Wildman–Crippen MR) is 116 cm³/mol. The van der Waals surface area contributed by atoms with Crippen LogP contribution in [0.5, 0.6) is 0 Å². The Labute approximate surface area is 171 Å². The van der Waals surface area contributed by atoms with E-state index in [0.29, 0.717) is 12.5 Å². The van der Waals surface area contributed by atoms with Crippen LogP contribution in [0, 0.1) is 18.7 Å². The van der Waals surface area contributed by atoms with Gasteiger partial charge in [0.1, 0.15) is 11.6 Å². The number of benzene rings is 2. The fraction of sp³-hybridized carbons (Fsp3) is 0.333. The minimum Gasteiger partial charge on any atom is -0.356 e. The molecule has 1 fully saturated rings. The lowest BCUT2D eigenvalue weighted by Crippen LogP contribution is -2.35. The molecule has 0 atom stereocenters. The molecule has 1 aliphatic rings. The molecule has 2 heterocycles. The van der Waals surface area contributed by atoms with E-state index >= 15 is 0 Å². The highest BCUT2D eigenvalue weighted by atomic mass is 19.1. The smallest absolute Gasteiger partial charge is 0.225 e. The molecule has 0 saturated carbocycles. The zero-order chi connectivity index (χ0) is 20.1. The van der Waals surface area contributed by atoms with E-state index in [2.05, 4.69) is 51.6 Å². The standard InChI is InChI=1S/C24H27FN4/c1-18-15-23(28-24(27-18)26-17-21-7-9-22(25)10-8-21)29-13-11-20(12-14-29)16-19-5-3-2-4-6-19/h2-10,15,20H,11-14,16-17H2,1H3,(H,26,27,28). The average molecular weight is 391 g/mol. The average Bonchev–Trinajstić information content (AvgIpc) is 2.74. The molecule has 3 aromatic rings. The van der Waals surface area contributed by atoms with Crippen LogP contribution in [0.15, 0.2) is 60.7 Å². The Balaban J connectivity index is 1.35. The summed E-state index contributed by atoms with van der Waals surface area (Å²) in [5.74, 6) is 2.11. The number of nitrogens with zero attached hydrogens (tertiary/aromatic N) is 3. The van der Waals surface area contributed by atoms with E-state index in [4.69, 9.17) is 4.98 Å². The molecule has 1 aliphatic heterocycles. The SMILES string of the molecule is Cc1cc(N2CCC(Cc3ccccc3)CC2)nc(NCc2ccc(F)cc2)n1. The van der Waals surface area contributed by atoms with Gasteiger partial charge < -0.3 is 10.2 Å². The number of aryl methyl sites for hydroxylation is 1. The third-order valence-corrected chi connectivity index (χ3v) is 5.51. The number of halogens is 1. The molecule has 5 heteroatoms. The molecule has 150 valence electrons. The monoisotopic (exact) mass is 390 g/mol. The third-order valence-electron chi connectivity index (χ3n) is 5.51. The van der Waals surface area contributed by atoms with Crippen LogP contribution < -0.4 is 10.2 Å². The number of piperidine rings is 1. The Morgan fingerprint density at radius 2 is 1.69 bits per heavy atom. The highest BCUT2D eigenvalue weighted by Crippen LogP contribution is 2.25. The Morgan fingerprint density at radius 1 is 0.966 bits per heavy atom. The molecular formula is C24H27FN4. The maximum absolute atomic E-state index is 13.1. The molecule has 0 spiro atoms. The van der Waals surface area contributed by atoms with Gasteiger partial charge in [0, 0.05) is 31.4 Å². The Kier molecular flexibility index (Phi) is 6.03. The summed E-state index contributed by atoms with van der Waals surface area (Å²) in [7, 11) is 0. The first kappa shape index (κ1) is 19.4. The van der Waals surface area contributed by atoms with Gasteiger partial charge >= 0.3 is 0 Å². The first-order valence-electron chi connectivity index (χ1n) is 10.3. The van der Waals surface area contributed by atoms with E-state index in [0.717, 1.165) is 42.5 Å². The van der Waals surface area contributed by atoms with Crippen molar-refractivity contribution < 1.29 is 4.39 Å². The van der Waals surface area contributed by atoms with Gasteiger partial charge in [0.25, 0.3) is 0 Å². The van der Waals surface area contributed by atoms with Gasteiger partial charge in [-0.15, -0.1) is 0 Å². The van der Waals surface area contributed by atoms with Crippen LogP contribution in [0.3, 0.4) is 0 Å². The minimum atomic E-state index is -0.224. The van der Waals surface area contributed by atoms with Crippen molar-refractivity contribution in [1.29, 1.82) is 0 Å². The van der Waals surface area contributed by atoms with Crippen LogP contribution in [0.25, 0.3) is 0 Å². The van der Waals surface area contributed by atoms with Gasteiger partial charge in [-0.2, -0.15) is 4.98 Å². The third kappa shape index (κ3) is 5.31. The lowest BCUT2D eigenvalue weighted by molar-refractivity contribution is 0.402. The molecule has 0 aliphatic carbocycles. The zero-order valence-electron chi connectivity index (χ0n) is 16.8. The second-order valence-corrected chi connectivity index (χ2v) is 7.79. The largest absolute Gasteiger partial charge is 0.356 e. The molecule has 0 bridgehead atoms. The summed E-state index contributed by atoms with van der Waals surface area (Å²) in [5, 5.41) is 3.27. The molecule has 4 nitrogen and oxygen atoms in total. The quantitative estimate of drug-likeness (QED) is 0.643. The topological polar surface area (TPSA) is 41.1 Å². The van der Waals surface area contributed by atoms with Gasteiger partial charge in [0.2, 0.25) is 5.95 Å². The maximum Gasteiger partial charge on any atom is 0.225 e. The summed E-state index contributed by atoms with van der Waals surface area (Å²) in [6.45, 7) is 4.61. The molecule has 1 aromatic heterocycles. The van der Waals surface area contributed by atoms with Crippen molar-refractivity contribution in [3.63, 3.8) is 0 Å². The second-order valence-electron chi connectivity index (χ2n) is 7.79. The van der Waals surface area contributed by atoms with Crippen molar-refractivity contribution in [3.8, 4) is 0 Å². The first-order chi connectivity index (χ1) is 14.2. The molecule has 0 radical (unpaired) electrons.